The van der Waals surface area contributed by atoms with Gasteiger partial charge in [-0.25, -0.2) is 0 Å². The van der Waals surface area contributed by atoms with E-state index in [9.17, 15) is 0 Å². The van der Waals surface area contributed by atoms with Gasteiger partial charge >= 0.3 is 0 Å². The van der Waals surface area contributed by atoms with Crippen LogP contribution in [0.15, 0.2) is 0 Å². The van der Waals surface area contributed by atoms with Crippen molar-refractivity contribution in [1.82, 2.24) is 20.2 Å². The van der Waals surface area contributed by atoms with Gasteiger partial charge in [0, 0.05) is 12.0 Å². The van der Waals surface area contributed by atoms with Crippen LogP contribution < -0.4 is 5.73 Å². The molecule has 1 aliphatic carbocycles. The van der Waals surface area contributed by atoms with Crippen molar-refractivity contribution in [3.63, 3.8) is 0 Å². The standard InChI is InChI=1S/C8H15N5/c1-8(2,3)13-11-7(10-12-13)5-4-6(5)9/h5-6H,4,9H2,1-3H3/t5-,6-/m1/s1. The summed E-state index contributed by atoms with van der Waals surface area (Å²) in [4.78, 5) is 1.65. The fraction of sp³-hybridized carbons (Fsp3) is 0.875. The molecule has 0 saturated heterocycles. The van der Waals surface area contributed by atoms with E-state index in [-0.39, 0.29) is 11.6 Å². The molecule has 0 radical (unpaired) electrons. The Hall–Kier alpha value is -0.970. The fourth-order valence-corrected chi connectivity index (χ4v) is 1.17. The van der Waals surface area contributed by atoms with Crippen LogP contribution in [0.4, 0.5) is 0 Å². The maximum Gasteiger partial charge on any atom is 0.179 e. The molecule has 5 nitrogen and oxygen atoms in total. The summed E-state index contributed by atoms with van der Waals surface area (Å²) in [5.41, 5.74) is 5.61. The lowest BCUT2D eigenvalue weighted by Crippen LogP contribution is -2.24. The second-order valence-electron chi connectivity index (χ2n) is 4.61. The minimum Gasteiger partial charge on any atom is -0.327 e. The second-order valence-corrected chi connectivity index (χ2v) is 4.61. The topological polar surface area (TPSA) is 69.6 Å². The molecule has 5 heteroatoms. The number of hydrogen-bond acceptors (Lipinski definition) is 4. The predicted octanol–water partition coefficient (Wildman–Crippen LogP) is 0.243. The predicted molar refractivity (Wildman–Crippen MR) is 48.1 cm³/mol. The zero-order valence-electron chi connectivity index (χ0n) is 8.23. The summed E-state index contributed by atoms with van der Waals surface area (Å²) >= 11 is 0. The zero-order valence-corrected chi connectivity index (χ0v) is 8.23. The van der Waals surface area contributed by atoms with E-state index in [1.807, 2.05) is 20.8 Å². The molecule has 0 aliphatic heterocycles. The summed E-state index contributed by atoms with van der Waals surface area (Å²) in [6.45, 7) is 6.14. The van der Waals surface area contributed by atoms with E-state index < -0.39 is 0 Å². The van der Waals surface area contributed by atoms with Crippen molar-refractivity contribution in [3.05, 3.63) is 5.82 Å². The van der Waals surface area contributed by atoms with Gasteiger partial charge in [0.25, 0.3) is 0 Å². The van der Waals surface area contributed by atoms with Crippen molar-refractivity contribution < 1.29 is 0 Å². The highest BCUT2D eigenvalue weighted by molar-refractivity contribution is 5.10. The Bertz CT molecular complexity index is 311. The van der Waals surface area contributed by atoms with E-state index in [2.05, 4.69) is 15.4 Å². The minimum atomic E-state index is -0.0930. The average molecular weight is 181 g/mol. The molecule has 13 heavy (non-hydrogen) atoms. The smallest absolute Gasteiger partial charge is 0.179 e. The lowest BCUT2D eigenvalue weighted by atomic mass is 10.1. The van der Waals surface area contributed by atoms with Crippen LogP contribution in [0.5, 0.6) is 0 Å². The van der Waals surface area contributed by atoms with Crippen molar-refractivity contribution in [2.45, 2.75) is 44.7 Å². The van der Waals surface area contributed by atoms with Gasteiger partial charge in [-0.15, -0.1) is 10.2 Å². The van der Waals surface area contributed by atoms with Gasteiger partial charge in [0.15, 0.2) is 5.82 Å². The van der Waals surface area contributed by atoms with Crippen LogP contribution in [0.25, 0.3) is 0 Å². The summed E-state index contributed by atoms with van der Waals surface area (Å²) in [6, 6.07) is 0.248. The molecule has 1 aliphatic rings. The first-order chi connectivity index (χ1) is 5.98. The molecule has 2 rings (SSSR count). The molecule has 2 atom stereocenters. The fourth-order valence-electron chi connectivity index (χ4n) is 1.17. The Labute approximate surface area is 77.3 Å². The largest absolute Gasteiger partial charge is 0.327 e. The van der Waals surface area contributed by atoms with E-state index >= 15 is 0 Å². The third-order valence-electron chi connectivity index (χ3n) is 2.20. The number of rotatable bonds is 1. The third-order valence-corrected chi connectivity index (χ3v) is 2.20. The molecule has 0 amide bonds. The number of nitrogens with two attached hydrogens (primary N) is 1. The highest BCUT2D eigenvalue weighted by Gasteiger charge is 2.39. The second kappa shape index (κ2) is 2.51. The first-order valence-electron chi connectivity index (χ1n) is 4.54. The van der Waals surface area contributed by atoms with Gasteiger partial charge < -0.3 is 5.73 Å². The number of tetrazole rings is 1. The molecule has 0 spiro atoms. The van der Waals surface area contributed by atoms with E-state index in [0.29, 0.717) is 5.92 Å². The van der Waals surface area contributed by atoms with E-state index in [4.69, 9.17) is 5.73 Å². The summed E-state index contributed by atoms with van der Waals surface area (Å²) in [7, 11) is 0. The van der Waals surface area contributed by atoms with Crippen molar-refractivity contribution in [2.75, 3.05) is 0 Å². The van der Waals surface area contributed by atoms with Gasteiger partial charge in [-0.2, -0.15) is 4.80 Å². The van der Waals surface area contributed by atoms with Crippen LogP contribution in [0, 0.1) is 0 Å². The highest BCUT2D eigenvalue weighted by Crippen LogP contribution is 2.36. The van der Waals surface area contributed by atoms with Gasteiger partial charge in [-0.3, -0.25) is 0 Å². The molecule has 1 aromatic rings. The molecule has 1 aromatic heterocycles. The molecule has 1 fully saturated rings. The van der Waals surface area contributed by atoms with Crippen LogP contribution in [0.1, 0.15) is 38.9 Å². The van der Waals surface area contributed by atoms with E-state index in [1.54, 1.807) is 4.80 Å². The maximum atomic E-state index is 5.70. The van der Waals surface area contributed by atoms with Gasteiger partial charge in [-0.1, -0.05) is 0 Å². The first kappa shape index (κ1) is 8.62. The lowest BCUT2D eigenvalue weighted by molar-refractivity contribution is 0.305. The van der Waals surface area contributed by atoms with Crippen LogP contribution >= 0.6 is 0 Å². The van der Waals surface area contributed by atoms with Gasteiger partial charge in [-0.05, 0) is 32.4 Å². The van der Waals surface area contributed by atoms with Gasteiger partial charge in [0.2, 0.25) is 0 Å². The molecule has 72 valence electrons. The van der Waals surface area contributed by atoms with Crippen LogP contribution in [0.2, 0.25) is 0 Å². The monoisotopic (exact) mass is 181 g/mol. The van der Waals surface area contributed by atoms with Gasteiger partial charge in [0.1, 0.15) is 0 Å². The Morgan fingerprint density at radius 1 is 1.46 bits per heavy atom. The normalized spacial score (nSPS) is 27.7. The molecule has 1 saturated carbocycles. The summed E-state index contributed by atoms with van der Waals surface area (Å²) in [6.07, 6.45) is 0.996. The molecular formula is C8H15N5. The van der Waals surface area contributed by atoms with Crippen molar-refractivity contribution in [2.24, 2.45) is 5.73 Å². The Morgan fingerprint density at radius 3 is 2.46 bits per heavy atom. The molecular weight excluding hydrogens is 166 g/mol. The SMILES string of the molecule is CC(C)(C)n1nnc([C@@H]2C[C@H]2N)n1. The highest BCUT2D eigenvalue weighted by atomic mass is 15.6. The Balaban J connectivity index is 2.19. The Kier molecular flexibility index (Phi) is 1.66. The molecule has 0 unspecified atom stereocenters. The molecule has 0 aromatic carbocycles. The van der Waals surface area contributed by atoms with Crippen LogP contribution in [-0.4, -0.2) is 26.2 Å². The van der Waals surface area contributed by atoms with Gasteiger partial charge in [0.05, 0.1) is 5.54 Å². The van der Waals surface area contributed by atoms with E-state index in [1.165, 1.54) is 0 Å². The van der Waals surface area contributed by atoms with Crippen LogP contribution in [0.3, 0.4) is 0 Å². The van der Waals surface area contributed by atoms with Crippen molar-refractivity contribution >= 4 is 0 Å². The van der Waals surface area contributed by atoms with Crippen molar-refractivity contribution in [3.8, 4) is 0 Å². The minimum absolute atomic E-state index is 0.0930. The average Bonchev–Trinajstić information content (AvgIpc) is 2.57. The zero-order chi connectivity index (χ0) is 9.64. The Morgan fingerprint density at radius 2 is 2.08 bits per heavy atom. The third kappa shape index (κ3) is 1.56. The molecule has 0 bridgehead atoms. The maximum absolute atomic E-state index is 5.70. The molecule has 1 heterocycles. The summed E-state index contributed by atoms with van der Waals surface area (Å²) in [5.74, 6) is 1.14. The summed E-state index contributed by atoms with van der Waals surface area (Å²) in [5, 5.41) is 12.3. The number of nitrogens with zero attached hydrogens (tertiary/aromatic N) is 4. The number of hydrogen-bond donors (Lipinski definition) is 1. The molecule has 2 N–H and O–H groups in total. The summed E-state index contributed by atoms with van der Waals surface area (Å²) < 4.78 is 0. The van der Waals surface area contributed by atoms with Crippen molar-refractivity contribution in [1.29, 1.82) is 0 Å². The number of aromatic nitrogens is 4. The quantitative estimate of drug-likeness (QED) is 0.674. The lowest BCUT2D eigenvalue weighted by Gasteiger charge is -2.15. The van der Waals surface area contributed by atoms with Crippen LogP contribution in [-0.2, 0) is 5.54 Å². The first-order valence-corrected chi connectivity index (χ1v) is 4.54. The van der Waals surface area contributed by atoms with E-state index in [0.717, 1.165) is 12.2 Å².